The van der Waals surface area contributed by atoms with E-state index >= 15 is 0 Å². The van der Waals surface area contributed by atoms with E-state index in [9.17, 15) is 4.79 Å². The number of carbonyl (C=O) groups is 1. The molecule has 0 bridgehead atoms. The topological polar surface area (TPSA) is 119 Å². The number of hydrogen-bond acceptors (Lipinski definition) is 8. The summed E-state index contributed by atoms with van der Waals surface area (Å²) in [5, 5.41) is 10.2. The summed E-state index contributed by atoms with van der Waals surface area (Å²) in [7, 11) is 0. The fourth-order valence-corrected chi connectivity index (χ4v) is 2.55. The van der Waals surface area contributed by atoms with Crippen LogP contribution in [0.4, 0.5) is 10.9 Å². The molecule has 0 saturated heterocycles. The van der Waals surface area contributed by atoms with Gasteiger partial charge in [-0.2, -0.15) is 4.98 Å². The second-order valence-corrected chi connectivity index (χ2v) is 6.46. The van der Waals surface area contributed by atoms with Crippen molar-refractivity contribution in [2.45, 2.75) is 32.7 Å². The Kier molecular flexibility index (Phi) is 4.41. The van der Waals surface area contributed by atoms with Crippen LogP contribution in [0.15, 0.2) is 10.9 Å². The van der Waals surface area contributed by atoms with Crippen LogP contribution in [0.2, 0.25) is 0 Å². The Bertz CT molecular complexity index is 602. The molecular weight excluding hydrogens is 292 g/mol. The van der Waals surface area contributed by atoms with Crippen molar-refractivity contribution in [3.63, 3.8) is 0 Å². The molecule has 0 fully saturated rings. The van der Waals surface area contributed by atoms with Crippen LogP contribution in [0.1, 0.15) is 36.3 Å². The molecule has 2 rings (SSSR count). The highest BCUT2D eigenvalue weighted by Gasteiger charge is 2.19. The quantitative estimate of drug-likeness (QED) is 0.761. The molecule has 0 aromatic carbocycles. The van der Waals surface area contributed by atoms with Crippen molar-refractivity contribution in [1.82, 2.24) is 20.4 Å². The van der Waals surface area contributed by atoms with E-state index in [1.54, 1.807) is 0 Å². The number of nitrogens with two attached hydrogens (primary N) is 1. The van der Waals surface area contributed by atoms with Gasteiger partial charge in [-0.25, -0.2) is 4.98 Å². The van der Waals surface area contributed by atoms with Gasteiger partial charge in [-0.15, -0.1) is 0 Å². The normalized spacial score (nSPS) is 11.4. The monoisotopic (exact) mass is 310 g/mol. The summed E-state index contributed by atoms with van der Waals surface area (Å²) < 4.78 is 4.62. The number of anilines is 2. The van der Waals surface area contributed by atoms with Crippen molar-refractivity contribution in [3.8, 4) is 0 Å². The maximum absolute atomic E-state index is 12.1. The first-order valence-corrected chi connectivity index (χ1v) is 7.25. The van der Waals surface area contributed by atoms with Crippen LogP contribution in [0.25, 0.3) is 0 Å². The van der Waals surface area contributed by atoms with E-state index < -0.39 is 0 Å². The molecule has 2 heterocycles. The zero-order valence-corrected chi connectivity index (χ0v) is 13.0. The summed E-state index contributed by atoms with van der Waals surface area (Å²) in [4.78, 5) is 20.5. The highest BCUT2D eigenvalue weighted by Crippen LogP contribution is 2.26. The lowest BCUT2D eigenvalue weighted by atomic mass is 10.1. The third kappa shape index (κ3) is 4.42. The SMILES string of the molecule is CC(C)(C)Nc1nc(N)c(C(=O)NCCc2ncon2)s1. The predicted molar refractivity (Wildman–Crippen MR) is 80.2 cm³/mol. The summed E-state index contributed by atoms with van der Waals surface area (Å²) in [6, 6.07) is 0. The molecule has 2 aromatic heterocycles. The zero-order valence-electron chi connectivity index (χ0n) is 12.1. The van der Waals surface area contributed by atoms with Gasteiger partial charge in [0.05, 0.1) is 0 Å². The van der Waals surface area contributed by atoms with Gasteiger partial charge in [-0.05, 0) is 20.8 Å². The number of amides is 1. The molecule has 0 saturated carbocycles. The van der Waals surface area contributed by atoms with E-state index in [2.05, 4.69) is 30.3 Å². The third-order valence-corrected chi connectivity index (χ3v) is 3.37. The molecule has 2 aromatic rings. The van der Waals surface area contributed by atoms with Crippen LogP contribution < -0.4 is 16.4 Å². The van der Waals surface area contributed by atoms with E-state index in [0.29, 0.717) is 28.8 Å². The van der Waals surface area contributed by atoms with Crippen LogP contribution in [0.3, 0.4) is 0 Å². The molecule has 0 radical (unpaired) electrons. The first kappa shape index (κ1) is 15.2. The predicted octanol–water partition coefficient (Wildman–Crippen LogP) is 1.29. The summed E-state index contributed by atoms with van der Waals surface area (Å²) in [6.45, 7) is 6.43. The molecule has 0 unspecified atom stereocenters. The van der Waals surface area contributed by atoms with Crippen molar-refractivity contribution in [2.24, 2.45) is 0 Å². The Morgan fingerprint density at radius 3 is 2.86 bits per heavy atom. The Morgan fingerprint density at radius 1 is 1.48 bits per heavy atom. The maximum atomic E-state index is 12.1. The standard InChI is InChI=1S/C12H18N6O2S/c1-12(2,3)17-11-16-9(13)8(21-11)10(19)14-5-4-7-15-6-20-18-7/h6H,4-5,13H2,1-3H3,(H,14,19)(H,16,17). The van der Waals surface area contributed by atoms with Gasteiger partial charge in [0.25, 0.3) is 5.91 Å². The highest BCUT2D eigenvalue weighted by atomic mass is 32.1. The molecule has 0 spiro atoms. The largest absolute Gasteiger partial charge is 0.382 e. The molecule has 8 nitrogen and oxygen atoms in total. The molecule has 0 aliphatic carbocycles. The lowest BCUT2D eigenvalue weighted by molar-refractivity contribution is 0.0958. The van der Waals surface area contributed by atoms with Gasteiger partial charge < -0.3 is 20.9 Å². The number of nitrogens with zero attached hydrogens (tertiary/aromatic N) is 3. The smallest absolute Gasteiger partial charge is 0.265 e. The minimum atomic E-state index is -0.254. The van der Waals surface area contributed by atoms with E-state index in [4.69, 9.17) is 5.73 Å². The first-order valence-electron chi connectivity index (χ1n) is 6.43. The molecular formula is C12H18N6O2S. The second-order valence-electron chi connectivity index (χ2n) is 5.46. The Balaban J connectivity index is 1.92. The molecule has 0 atom stereocenters. The lowest BCUT2D eigenvalue weighted by Gasteiger charge is -2.19. The number of nitrogens with one attached hydrogen (secondary N) is 2. The fraction of sp³-hybridized carbons (Fsp3) is 0.500. The Morgan fingerprint density at radius 2 is 2.24 bits per heavy atom. The third-order valence-electron chi connectivity index (χ3n) is 2.38. The van der Waals surface area contributed by atoms with Gasteiger partial charge >= 0.3 is 0 Å². The summed E-state index contributed by atoms with van der Waals surface area (Å²) in [6.07, 6.45) is 1.75. The average Bonchev–Trinajstić information content (AvgIpc) is 2.97. The van der Waals surface area contributed by atoms with Crippen LogP contribution in [-0.2, 0) is 6.42 Å². The Hall–Kier alpha value is -2.16. The van der Waals surface area contributed by atoms with Crippen molar-refractivity contribution in [2.75, 3.05) is 17.6 Å². The highest BCUT2D eigenvalue weighted by molar-refractivity contribution is 7.18. The number of aromatic nitrogens is 3. The maximum Gasteiger partial charge on any atom is 0.265 e. The first-order chi connectivity index (χ1) is 9.85. The van der Waals surface area contributed by atoms with E-state index in [0.717, 1.165) is 0 Å². The van der Waals surface area contributed by atoms with Gasteiger partial charge in [0.2, 0.25) is 6.39 Å². The van der Waals surface area contributed by atoms with Crippen molar-refractivity contribution < 1.29 is 9.32 Å². The van der Waals surface area contributed by atoms with Gasteiger partial charge in [-0.3, -0.25) is 4.79 Å². The van der Waals surface area contributed by atoms with Gasteiger partial charge in [0.15, 0.2) is 11.0 Å². The van der Waals surface area contributed by atoms with Crippen LogP contribution in [0.5, 0.6) is 0 Å². The summed E-state index contributed by atoms with van der Waals surface area (Å²) in [5.74, 6) is 0.516. The summed E-state index contributed by atoms with van der Waals surface area (Å²) >= 11 is 1.23. The van der Waals surface area contributed by atoms with E-state index in [1.165, 1.54) is 17.7 Å². The van der Waals surface area contributed by atoms with Gasteiger partial charge in [0.1, 0.15) is 10.7 Å². The Labute approximate surface area is 126 Å². The number of thiazole rings is 1. The van der Waals surface area contributed by atoms with Crippen molar-refractivity contribution in [3.05, 3.63) is 17.1 Å². The molecule has 0 aliphatic heterocycles. The van der Waals surface area contributed by atoms with E-state index in [1.807, 2.05) is 20.8 Å². The average molecular weight is 310 g/mol. The number of nitrogen functional groups attached to an aromatic ring is 1. The van der Waals surface area contributed by atoms with Crippen molar-refractivity contribution in [1.29, 1.82) is 0 Å². The van der Waals surface area contributed by atoms with Crippen LogP contribution in [-0.4, -0.2) is 33.1 Å². The summed E-state index contributed by atoms with van der Waals surface area (Å²) in [5.41, 5.74) is 5.64. The molecule has 0 aliphatic rings. The van der Waals surface area contributed by atoms with Crippen molar-refractivity contribution >= 4 is 28.2 Å². The van der Waals surface area contributed by atoms with E-state index in [-0.39, 0.29) is 17.3 Å². The fourth-order valence-electron chi connectivity index (χ4n) is 1.54. The number of carbonyl (C=O) groups excluding carboxylic acids is 1. The molecule has 4 N–H and O–H groups in total. The van der Waals surface area contributed by atoms with Crippen LogP contribution >= 0.6 is 11.3 Å². The number of rotatable bonds is 5. The minimum absolute atomic E-state index is 0.142. The lowest BCUT2D eigenvalue weighted by Crippen LogP contribution is -2.26. The molecule has 21 heavy (non-hydrogen) atoms. The number of hydrogen-bond donors (Lipinski definition) is 3. The van der Waals surface area contributed by atoms with Crippen LogP contribution in [0, 0.1) is 0 Å². The van der Waals surface area contributed by atoms with Gasteiger partial charge in [-0.1, -0.05) is 16.5 Å². The molecule has 9 heteroatoms. The minimum Gasteiger partial charge on any atom is -0.382 e. The second kappa shape index (κ2) is 6.08. The molecule has 114 valence electrons. The van der Waals surface area contributed by atoms with Gasteiger partial charge in [0, 0.05) is 18.5 Å². The zero-order chi connectivity index (χ0) is 15.5. The molecule has 1 amide bonds.